The molecule has 5 nitrogen and oxygen atoms in total. The van der Waals surface area contributed by atoms with Crippen molar-refractivity contribution in [2.75, 3.05) is 7.11 Å². The minimum atomic E-state index is -0.824. The predicted molar refractivity (Wildman–Crippen MR) is 91.6 cm³/mol. The van der Waals surface area contributed by atoms with Gasteiger partial charge in [-0.15, -0.1) is 0 Å². The molecule has 0 radical (unpaired) electrons. The van der Waals surface area contributed by atoms with Crippen LogP contribution >= 0.6 is 0 Å². The van der Waals surface area contributed by atoms with Crippen molar-refractivity contribution in [3.05, 3.63) is 64.0 Å². The van der Waals surface area contributed by atoms with Crippen molar-refractivity contribution in [1.82, 2.24) is 0 Å². The number of ether oxygens (including phenoxy) is 3. The molecule has 0 aliphatic carbocycles. The summed E-state index contributed by atoms with van der Waals surface area (Å²) in [5.74, 6) is 1.00. The average molecular weight is 336 g/mol. The Labute approximate surface area is 143 Å². The molecule has 2 unspecified atom stereocenters. The van der Waals surface area contributed by atoms with Gasteiger partial charge in [0.15, 0.2) is 0 Å². The molecular weight excluding hydrogens is 320 g/mol. The molecule has 2 aliphatic heterocycles. The number of benzene rings is 2. The molecule has 3 heterocycles. The van der Waals surface area contributed by atoms with Gasteiger partial charge in [-0.3, -0.25) is 0 Å². The summed E-state index contributed by atoms with van der Waals surface area (Å²) in [6.45, 7) is 1.90. The highest BCUT2D eigenvalue weighted by atomic mass is 16.7. The lowest BCUT2D eigenvalue weighted by Gasteiger charge is -2.44. The van der Waals surface area contributed by atoms with Crippen molar-refractivity contribution in [1.29, 1.82) is 0 Å². The maximum absolute atomic E-state index is 12.7. The average Bonchev–Trinajstić information content (AvgIpc) is 2.60. The Kier molecular flexibility index (Phi) is 2.76. The van der Waals surface area contributed by atoms with E-state index in [2.05, 4.69) is 0 Å². The second kappa shape index (κ2) is 4.79. The second-order valence-corrected chi connectivity index (χ2v) is 6.63. The molecule has 5 heteroatoms. The summed E-state index contributed by atoms with van der Waals surface area (Å²) in [6.07, 6.45) is 0.545. The summed E-state index contributed by atoms with van der Waals surface area (Å²) in [5.41, 5.74) is 1.62. The number of hydrogen-bond donors (Lipinski definition) is 0. The van der Waals surface area contributed by atoms with E-state index in [0.29, 0.717) is 29.1 Å². The molecule has 126 valence electrons. The molecule has 0 saturated carbocycles. The fraction of sp³-hybridized carbons (Fsp3) is 0.250. The van der Waals surface area contributed by atoms with Gasteiger partial charge in [0, 0.05) is 24.8 Å². The predicted octanol–water partition coefficient (Wildman–Crippen LogP) is 3.82. The minimum Gasteiger partial charge on any atom is -0.497 e. The Morgan fingerprint density at radius 2 is 2.00 bits per heavy atom. The summed E-state index contributed by atoms with van der Waals surface area (Å²) in [6, 6.07) is 13.0. The number of hydrogen-bond acceptors (Lipinski definition) is 5. The quantitative estimate of drug-likeness (QED) is 0.632. The van der Waals surface area contributed by atoms with Crippen LogP contribution in [0.4, 0.5) is 0 Å². The van der Waals surface area contributed by atoms with Crippen molar-refractivity contribution < 1.29 is 18.6 Å². The van der Waals surface area contributed by atoms with Gasteiger partial charge in [0.25, 0.3) is 0 Å². The van der Waals surface area contributed by atoms with Crippen LogP contribution in [0, 0.1) is 0 Å². The van der Waals surface area contributed by atoms with Gasteiger partial charge in [0.2, 0.25) is 5.79 Å². The molecule has 5 rings (SSSR count). The molecule has 2 aliphatic rings. The molecule has 0 spiro atoms. The zero-order valence-electron chi connectivity index (χ0n) is 13.9. The molecule has 0 amide bonds. The van der Waals surface area contributed by atoms with Gasteiger partial charge < -0.3 is 18.6 Å². The van der Waals surface area contributed by atoms with Gasteiger partial charge in [0.1, 0.15) is 22.8 Å². The van der Waals surface area contributed by atoms with Crippen molar-refractivity contribution in [2.45, 2.75) is 25.0 Å². The zero-order valence-corrected chi connectivity index (χ0v) is 13.9. The van der Waals surface area contributed by atoms with Crippen LogP contribution in [-0.2, 0) is 0 Å². The molecule has 0 N–H and O–H groups in total. The van der Waals surface area contributed by atoms with Crippen LogP contribution < -0.4 is 19.8 Å². The monoisotopic (exact) mass is 336 g/mol. The maximum Gasteiger partial charge on any atom is 0.343 e. The van der Waals surface area contributed by atoms with Crippen LogP contribution in [0.5, 0.6) is 17.2 Å². The number of rotatable bonds is 1. The molecule has 2 atom stereocenters. The van der Waals surface area contributed by atoms with E-state index in [4.69, 9.17) is 18.6 Å². The van der Waals surface area contributed by atoms with Crippen LogP contribution in [0.3, 0.4) is 0 Å². The summed E-state index contributed by atoms with van der Waals surface area (Å²) in [7, 11) is 1.62. The van der Waals surface area contributed by atoms with E-state index < -0.39 is 5.79 Å². The molecule has 3 aromatic rings. The SMILES string of the molecule is COc1ccc2c(c1)C1CC(C)(O2)Oc2c1c(=O)oc1ccccc21. The van der Waals surface area contributed by atoms with E-state index in [9.17, 15) is 4.79 Å². The van der Waals surface area contributed by atoms with E-state index in [1.165, 1.54) is 0 Å². The number of fused-ring (bicyclic) bond motifs is 8. The van der Waals surface area contributed by atoms with Crippen molar-refractivity contribution >= 4 is 11.0 Å². The highest BCUT2D eigenvalue weighted by Gasteiger charge is 2.47. The zero-order chi connectivity index (χ0) is 17.2. The number of methoxy groups -OCH3 is 1. The molecular formula is C20H16O5. The van der Waals surface area contributed by atoms with Crippen LogP contribution in [-0.4, -0.2) is 12.9 Å². The third-order valence-electron chi connectivity index (χ3n) is 4.96. The van der Waals surface area contributed by atoms with Gasteiger partial charge in [-0.1, -0.05) is 12.1 Å². The summed E-state index contributed by atoms with van der Waals surface area (Å²) in [5, 5.41) is 0.781. The number of para-hydroxylation sites is 1. The van der Waals surface area contributed by atoms with E-state index in [1.807, 2.05) is 43.3 Å². The topological polar surface area (TPSA) is 57.9 Å². The van der Waals surface area contributed by atoms with Crippen LogP contribution in [0.15, 0.2) is 51.7 Å². The Hall–Kier alpha value is -2.95. The van der Waals surface area contributed by atoms with Gasteiger partial charge in [-0.25, -0.2) is 4.79 Å². The molecule has 25 heavy (non-hydrogen) atoms. The van der Waals surface area contributed by atoms with E-state index in [-0.39, 0.29) is 11.5 Å². The normalized spacial score (nSPS) is 23.2. The van der Waals surface area contributed by atoms with Crippen LogP contribution in [0.1, 0.15) is 30.4 Å². The van der Waals surface area contributed by atoms with Gasteiger partial charge >= 0.3 is 5.63 Å². The van der Waals surface area contributed by atoms with E-state index in [0.717, 1.165) is 16.7 Å². The van der Waals surface area contributed by atoms with Crippen molar-refractivity contribution in [2.24, 2.45) is 0 Å². The standard InChI is InChI=1S/C20H16O5/c1-20-10-14(13-9-11(22-2)7-8-16(13)24-20)17-18(25-20)12-5-3-4-6-15(12)23-19(17)21/h3-9,14H,10H2,1-2H3. The summed E-state index contributed by atoms with van der Waals surface area (Å²) >= 11 is 0. The minimum absolute atomic E-state index is 0.159. The Balaban J connectivity index is 1.84. The first kappa shape index (κ1) is 14.4. The molecule has 0 fully saturated rings. The highest BCUT2D eigenvalue weighted by molar-refractivity contribution is 5.85. The van der Waals surface area contributed by atoms with Gasteiger partial charge in [0.05, 0.1) is 18.1 Å². The fourth-order valence-corrected chi connectivity index (χ4v) is 3.86. The van der Waals surface area contributed by atoms with Crippen molar-refractivity contribution in [3.8, 4) is 17.2 Å². The van der Waals surface area contributed by atoms with Crippen LogP contribution in [0.25, 0.3) is 11.0 Å². The molecule has 2 aromatic carbocycles. The largest absolute Gasteiger partial charge is 0.497 e. The van der Waals surface area contributed by atoms with Gasteiger partial charge in [-0.05, 0) is 30.3 Å². The first-order valence-electron chi connectivity index (χ1n) is 8.20. The molecule has 2 bridgehead atoms. The third-order valence-corrected chi connectivity index (χ3v) is 4.96. The fourth-order valence-electron chi connectivity index (χ4n) is 3.86. The molecule has 0 saturated heterocycles. The van der Waals surface area contributed by atoms with E-state index in [1.54, 1.807) is 13.2 Å². The lowest BCUT2D eigenvalue weighted by molar-refractivity contribution is -0.124. The summed E-state index contributed by atoms with van der Waals surface area (Å²) in [4.78, 5) is 12.7. The van der Waals surface area contributed by atoms with E-state index >= 15 is 0 Å². The Bertz CT molecular complexity index is 1070. The highest BCUT2D eigenvalue weighted by Crippen LogP contribution is 2.52. The Morgan fingerprint density at radius 1 is 1.16 bits per heavy atom. The summed E-state index contributed by atoms with van der Waals surface area (Å²) < 4.78 is 23.2. The first-order valence-corrected chi connectivity index (χ1v) is 8.20. The van der Waals surface area contributed by atoms with Gasteiger partial charge in [-0.2, -0.15) is 0 Å². The second-order valence-electron chi connectivity index (χ2n) is 6.63. The molecule has 1 aromatic heterocycles. The Morgan fingerprint density at radius 3 is 2.84 bits per heavy atom. The lowest BCUT2D eigenvalue weighted by Crippen LogP contribution is -2.48. The lowest BCUT2D eigenvalue weighted by atomic mass is 9.81. The maximum atomic E-state index is 12.7. The third kappa shape index (κ3) is 1.98. The van der Waals surface area contributed by atoms with Crippen LogP contribution in [0.2, 0.25) is 0 Å². The van der Waals surface area contributed by atoms with Crippen molar-refractivity contribution in [3.63, 3.8) is 0 Å². The first-order chi connectivity index (χ1) is 12.1. The smallest absolute Gasteiger partial charge is 0.343 e.